The van der Waals surface area contributed by atoms with Gasteiger partial charge in [0, 0.05) is 19.6 Å². The third-order valence-corrected chi connectivity index (χ3v) is 11.3. The number of carbonyl (C=O) groups is 1. The highest BCUT2D eigenvalue weighted by Crippen LogP contribution is 2.43. The third-order valence-electron chi connectivity index (χ3n) is 10.3. The third kappa shape index (κ3) is 42.5. The predicted octanol–water partition coefficient (Wildman–Crippen LogP) is 13.7. The Kier molecular flexibility index (Phi) is 42.2. The minimum atomic E-state index is -4.27. The van der Waals surface area contributed by atoms with Crippen molar-refractivity contribution in [3.8, 4) is 0 Å². The quantitative estimate of drug-likeness (QED) is 0.0357. The molecule has 0 radical (unpaired) electrons. The first kappa shape index (κ1) is 52.5. The number of unbranched alkanes of at least 4 members (excludes halogenated alkanes) is 32. The van der Waals surface area contributed by atoms with Gasteiger partial charge in [0.2, 0.25) is 0 Å². The average Bonchev–Trinajstić information content (AvgIpc) is 3.15. The Balaban J connectivity index is 3.92. The summed E-state index contributed by atoms with van der Waals surface area (Å²) in [7, 11) is -4.27. The first-order valence-corrected chi connectivity index (χ1v) is 24.5. The molecule has 0 rings (SSSR count). The molecule has 0 aromatic heterocycles. The monoisotopic (exact) mass is 776 g/mol. The number of nitrogens with two attached hydrogens (primary N) is 1. The standard InChI is InChI=1S/C44H90NO7P/c1-3-5-7-9-11-13-15-17-19-20-21-22-23-24-25-27-29-31-33-35-37-44(46)52-43(42-51-53(47,48)50-40-38-45)41-49-39-36-34-32-30-28-26-18-16-14-12-10-8-6-4-2/h43H,3-42,45H2,1-2H3,(H,47,48). The number of ether oxygens (including phenoxy) is 2. The van der Waals surface area contributed by atoms with E-state index < -0.39 is 13.9 Å². The van der Waals surface area contributed by atoms with E-state index in [0.29, 0.717) is 13.0 Å². The van der Waals surface area contributed by atoms with Crippen molar-refractivity contribution in [1.82, 2.24) is 0 Å². The lowest BCUT2D eigenvalue weighted by Crippen LogP contribution is -2.28. The average molecular weight is 776 g/mol. The lowest BCUT2D eigenvalue weighted by atomic mass is 10.0. The second-order valence-electron chi connectivity index (χ2n) is 15.6. The summed E-state index contributed by atoms with van der Waals surface area (Å²) in [5.41, 5.74) is 5.37. The summed E-state index contributed by atoms with van der Waals surface area (Å²) in [6.07, 6.45) is 44.1. The van der Waals surface area contributed by atoms with Crippen LogP contribution < -0.4 is 5.73 Å². The van der Waals surface area contributed by atoms with E-state index in [1.807, 2.05) is 0 Å². The maximum absolute atomic E-state index is 12.6. The van der Waals surface area contributed by atoms with Gasteiger partial charge in [0.1, 0.15) is 6.10 Å². The molecule has 2 atom stereocenters. The molecular weight excluding hydrogens is 685 g/mol. The number of esters is 1. The molecule has 0 aromatic rings. The van der Waals surface area contributed by atoms with Crippen molar-refractivity contribution in [1.29, 1.82) is 0 Å². The van der Waals surface area contributed by atoms with Gasteiger partial charge >= 0.3 is 13.8 Å². The number of phosphoric ester groups is 1. The SMILES string of the molecule is CCCCCCCCCCCCCCCCCCCCCCC(=O)OC(COCCCCCCCCCCCCCCCC)COP(=O)(O)OCCN. The first-order chi connectivity index (χ1) is 25.9. The van der Waals surface area contributed by atoms with Gasteiger partial charge in [-0.1, -0.05) is 219 Å². The second kappa shape index (κ2) is 42.6. The highest BCUT2D eigenvalue weighted by atomic mass is 31.2. The molecule has 0 aliphatic carbocycles. The van der Waals surface area contributed by atoms with Crippen LogP contribution in [0, 0.1) is 0 Å². The van der Waals surface area contributed by atoms with Gasteiger partial charge in [-0.05, 0) is 12.8 Å². The normalized spacial score (nSPS) is 13.4. The highest BCUT2D eigenvalue weighted by Gasteiger charge is 2.25. The zero-order valence-corrected chi connectivity index (χ0v) is 36.2. The Morgan fingerprint density at radius 3 is 1.19 bits per heavy atom. The van der Waals surface area contributed by atoms with Crippen LogP contribution in [0.3, 0.4) is 0 Å². The van der Waals surface area contributed by atoms with Crippen molar-refractivity contribution < 1.29 is 32.8 Å². The molecule has 0 spiro atoms. The van der Waals surface area contributed by atoms with E-state index >= 15 is 0 Å². The van der Waals surface area contributed by atoms with Crippen molar-refractivity contribution in [2.24, 2.45) is 5.73 Å². The zero-order valence-electron chi connectivity index (χ0n) is 35.3. The van der Waals surface area contributed by atoms with Crippen LogP contribution in [-0.4, -0.2) is 49.9 Å². The first-order valence-electron chi connectivity index (χ1n) is 23.0. The molecule has 0 aromatic carbocycles. The summed E-state index contributed by atoms with van der Waals surface area (Å²) < 4.78 is 33.5. The van der Waals surface area contributed by atoms with Crippen LogP contribution in [0.4, 0.5) is 0 Å². The fraction of sp³-hybridized carbons (Fsp3) is 0.977. The van der Waals surface area contributed by atoms with Gasteiger partial charge in [-0.2, -0.15) is 0 Å². The zero-order chi connectivity index (χ0) is 38.8. The van der Waals surface area contributed by atoms with E-state index in [1.54, 1.807) is 0 Å². The molecule has 0 fully saturated rings. The smallest absolute Gasteiger partial charge is 0.457 e. The van der Waals surface area contributed by atoms with Gasteiger partial charge in [-0.25, -0.2) is 4.57 Å². The van der Waals surface area contributed by atoms with Crippen LogP contribution in [0.5, 0.6) is 0 Å². The number of carbonyl (C=O) groups excluding carboxylic acids is 1. The van der Waals surface area contributed by atoms with E-state index in [4.69, 9.17) is 24.3 Å². The minimum absolute atomic E-state index is 0.0900. The minimum Gasteiger partial charge on any atom is -0.457 e. The molecule has 8 nitrogen and oxygen atoms in total. The summed E-state index contributed by atoms with van der Waals surface area (Å²) >= 11 is 0. The van der Waals surface area contributed by atoms with Crippen molar-refractivity contribution in [2.75, 3.05) is 33.0 Å². The Morgan fingerprint density at radius 1 is 0.491 bits per heavy atom. The number of hydrogen-bond acceptors (Lipinski definition) is 7. The molecule has 0 saturated carbocycles. The molecule has 0 saturated heterocycles. The molecule has 3 N–H and O–H groups in total. The number of rotatable bonds is 45. The van der Waals surface area contributed by atoms with E-state index in [-0.39, 0.29) is 32.3 Å². The van der Waals surface area contributed by atoms with Crippen LogP contribution in [0.25, 0.3) is 0 Å². The van der Waals surface area contributed by atoms with Crippen LogP contribution in [0.15, 0.2) is 0 Å². The van der Waals surface area contributed by atoms with Gasteiger partial charge in [0.25, 0.3) is 0 Å². The van der Waals surface area contributed by atoms with Crippen molar-refractivity contribution in [3.63, 3.8) is 0 Å². The Morgan fingerprint density at radius 2 is 0.830 bits per heavy atom. The lowest BCUT2D eigenvalue weighted by Gasteiger charge is -2.20. The second-order valence-corrected chi connectivity index (χ2v) is 17.1. The van der Waals surface area contributed by atoms with Gasteiger partial charge in [0.15, 0.2) is 0 Å². The van der Waals surface area contributed by atoms with E-state index in [2.05, 4.69) is 13.8 Å². The fourth-order valence-electron chi connectivity index (χ4n) is 6.88. The topological polar surface area (TPSA) is 117 Å². The van der Waals surface area contributed by atoms with Crippen LogP contribution in [0.2, 0.25) is 0 Å². The highest BCUT2D eigenvalue weighted by molar-refractivity contribution is 7.47. The van der Waals surface area contributed by atoms with Crippen LogP contribution >= 0.6 is 7.82 Å². The summed E-state index contributed by atoms with van der Waals surface area (Å²) in [4.78, 5) is 22.5. The molecule has 53 heavy (non-hydrogen) atoms. The van der Waals surface area contributed by atoms with Crippen molar-refractivity contribution in [2.45, 2.75) is 245 Å². The fourth-order valence-corrected chi connectivity index (χ4v) is 7.65. The van der Waals surface area contributed by atoms with Gasteiger partial charge < -0.3 is 20.1 Å². The molecule has 9 heteroatoms. The van der Waals surface area contributed by atoms with Crippen molar-refractivity contribution in [3.05, 3.63) is 0 Å². The summed E-state index contributed by atoms with van der Waals surface area (Å²) in [5.74, 6) is -0.322. The van der Waals surface area contributed by atoms with Gasteiger partial charge in [-0.15, -0.1) is 0 Å². The molecule has 0 bridgehead atoms. The largest absolute Gasteiger partial charge is 0.472 e. The molecule has 2 unspecified atom stereocenters. The maximum atomic E-state index is 12.6. The van der Waals surface area contributed by atoms with E-state index in [9.17, 15) is 14.3 Å². The maximum Gasteiger partial charge on any atom is 0.472 e. The van der Waals surface area contributed by atoms with Gasteiger partial charge in [-0.3, -0.25) is 13.8 Å². The Labute approximate surface area is 329 Å². The van der Waals surface area contributed by atoms with E-state index in [1.165, 1.54) is 186 Å². The van der Waals surface area contributed by atoms with Crippen molar-refractivity contribution >= 4 is 13.8 Å². The molecule has 0 aliphatic rings. The summed E-state index contributed by atoms with van der Waals surface area (Å²) in [5, 5.41) is 0. The molecule has 0 aliphatic heterocycles. The van der Waals surface area contributed by atoms with Gasteiger partial charge in [0.05, 0.1) is 19.8 Å². The van der Waals surface area contributed by atoms with E-state index in [0.717, 1.165) is 32.1 Å². The van der Waals surface area contributed by atoms with Crippen LogP contribution in [-0.2, 0) is 27.9 Å². The summed E-state index contributed by atoms with van der Waals surface area (Å²) in [6.45, 7) is 4.99. The predicted molar refractivity (Wildman–Crippen MR) is 224 cm³/mol. The Bertz CT molecular complexity index is 787. The molecule has 0 heterocycles. The lowest BCUT2D eigenvalue weighted by molar-refractivity contribution is -0.154. The molecule has 0 amide bonds. The van der Waals surface area contributed by atoms with Crippen LogP contribution in [0.1, 0.15) is 239 Å². The number of phosphoric acid groups is 1. The molecule has 318 valence electrons. The number of hydrogen-bond donors (Lipinski definition) is 2. The summed E-state index contributed by atoms with van der Waals surface area (Å²) in [6, 6.07) is 0. The molecular formula is C44H90NO7P. The Hall–Kier alpha value is -0.500.